The van der Waals surface area contributed by atoms with E-state index in [1.165, 1.54) is 0 Å². The first-order valence-corrected chi connectivity index (χ1v) is 3.89. The van der Waals surface area contributed by atoms with E-state index in [0.717, 1.165) is 0 Å². The Kier molecular flexibility index (Phi) is 4.62. The van der Waals surface area contributed by atoms with Crippen LogP contribution in [0.4, 0.5) is 13.2 Å². The van der Waals surface area contributed by atoms with Gasteiger partial charge in [0.25, 0.3) is 0 Å². The second kappa shape index (κ2) is 4.99. The Balaban J connectivity index is 4.13. The molecule has 0 aliphatic heterocycles. The van der Waals surface area contributed by atoms with Crippen molar-refractivity contribution in [1.29, 1.82) is 0 Å². The lowest BCUT2D eigenvalue weighted by Crippen LogP contribution is -2.39. The lowest BCUT2D eigenvalue weighted by Gasteiger charge is -2.16. The Bertz CT molecular complexity index is 225. The van der Waals surface area contributed by atoms with Crippen LogP contribution in [0.5, 0.6) is 0 Å². The summed E-state index contributed by atoms with van der Waals surface area (Å²) in [5.41, 5.74) is 0.649. The summed E-state index contributed by atoms with van der Waals surface area (Å²) in [4.78, 5) is 10.2. The van der Waals surface area contributed by atoms with Crippen LogP contribution in [0, 0.1) is 5.92 Å². The average molecular weight is 211 g/mol. The van der Waals surface area contributed by atoms with Crippen LogP contribution in [0.25, 0.3) is 0 Å². The molecule has 0 radical (unpaired) electrons. The van der Waals surface area contributed by atoms with E-state index in [9.17, 15) is 18.0 Å². The molecule has 0 heterocycles. The summed E-state index contributed by atoms with van der Waals surface area (Å²) in [5.74, 6) is -4.23. The van der Waals surface area contributed by atoms with Gasteiger partial charge in [-0.05, 0) is 6.92 Å². The van der Waals surface area contributed by atoms with Gasteiger partial charge < -0.3 is 10.4 Å². The van der Waals surface area contributed by atoms with Crippen molar-refractivity contribution in [2.24, 2.45) is 5.92 Å². The van der Waals surface area contributed by atoms with E-state index in [-0.39, 0.29) is 6.54 Å². The molecule has 1 unspecified atom stereocenters. The SMILES string of the molecule is C=C(C)CNCC(C(=O)O)C(F)(F)F. The monoisotopic (exact) mass is 211 g/mol. The number of alkyl halides is 3. The van der Waals surface area contributed by atoms with E-state index < -0.39 is 24.6 Å². The minimum Gasteiger partial charge on any atom is -0.481 e. The predicted molar refractivity (Wildman–Crippen MR) is 44.9 cm³/mol. The number of nitrogens with one attached hydrogen (secondary N) is 1. The molecular formula is C8H12F3NO2. The molecule has 0 aromatic rings. The summed E-state index contributed by atoms with van der Waals surface area (Å²) in [5, 5.41) is 10.7. The van der Waals surface area contributed by atoms with Crippen molar-refractivity contribution in [3.05, 3.63) is 12.2 Å². The maximum atomic E-state index is 12.1. The average Bonchev–Trinajstić information content (AvgIpc) is 1.94. The highest BCUT2D eigenvalue weighted by Crippen LogP contribution is 2.25. The second-order valence-electron chi connectivity index (χ2n) is 3.02. The molecule has 14 heavy (non-hydrogen) atoms. The molecule has 0 bridgehead atoms. The Morgan fingerprint density at radius 2 is 2.07 bits per heavy atom. The zero-order valence-electron chi connectivity index (χ0n) is 7.69. The van der Waals surface area contributed by atoms with E-state index in [4.69, 9.17) is 5.11 Å². The third kappa shape index (κ3) is 4.86. The molecule has 0 aliphatic rings. The number of rotatable bonds is 5. The molecule has 0 fully saturated rings. The van der Waals surface area contributed by atoms with Gasteiger partial charge in [0, 0.05) is 13.1 Å². The van der Waals surface area contributed by atoms with Crippen molar-refractivity contribution in [3.63, 3.8) is 0 Å². The zero-order chi connectivity index (χ0) is 11.4. The van der Waals surface area contributed by atoms with E-state index in [0.29, 0.717) is 5.57 Å². The number of carboxylic acid groups (broad SMARTS) is 1. The number of halogens is 3. The van der Waals surface area contributed by atoms with Crippen molar-refractivity contribution in [1.82, 2.24) is 5.32 Å². The summed E-state index contributed by atoms with van der Waals surface area (Å²) in [6, 6.07) is 0. The molecule has 1 atom stereocenters. The van der Waals surface area contributed by atoms with Crippen LogP contribution in [0.2, 0.25) is 0 Å². The zero-order valence-corrected chi connectivity index (χ0v) is 7.69. The maximum Gasteiger partial charge on any atom is 0.403 e. The quantitative estimate of drug-likeness (QED) is 0.676. The van der Waals surface area contributed by atoms with E-state index >= 15 is 0 Å². The first-order chi connectivity index (χ1) is 6.25. The Morgan fingerprint density at radius 3 is 2.36 bits per heavy atom. The van der Waals surface area contributed by atoms with Crippen molar-refractivity contribution in [2.45, 2.75) is 13.1 Å². The van der Waals surface area contributed by atoms with Crippen molar-refractivity contribution < 1.29 is 23.1 Å². The number of carbonyl (C=O) groups is 1. The first-order valence-electron chi connectivity index (χ1n) is 3.89. The molecule has 0 amide bonds. The summed E-state index contributed by atoms with van der Waals surface area (Å²) >= 11 is 0. The van der Waals surface area contributed by atoms with Crippen LogP contribution in [0.1, 0.15) is 6.92 Å². The molecular weight excluding hydrogens is 199 g/mol. The minimum absolute atomic E-state index is 0.180. The second-order valence-corrected chi connectivity index (χ2v) is 3.02. The van der Waals surface area contributed by atoms with Gasteiger partial charge in [0.1, 0.15) is 0 Å². The molecule has 0 aromatic heterocycles. The molecule has 0 saturated heterocycles. The third-order valence-corrected chi connectivity index (χ3v) is 1.47. The van der Waals surface area contributed by atoms with E-state index in [1.54, 1.807) is 6.92 Å². The van der Waals surface area contributed by atoms with Gasteiger partial charge in [-0.2, -0.15) is 13.2 Å². The van der Waals surface area contributed by atoms with Gasteiger partial charge >= 0.3 is 12.1 Å². The molecule has 0 saturated carbocycles. The topological polar surface area (TPSA) is 49.3 Å². The lowest BCUT2D eigenvalue weighted by molar-refractivity contribution is -0.192. The highest BCUT2D eigenvalue weighted by molar-refractivity contribution is 5.71. The number of hydrogen-bond acceptors (Lipinski definition) is 2. The predicted octanol–water partition coefficient (Wildman–Crippen LogP) is 1.42. The Hall–Kier alpha value is -1.04. The van der Waals surface area contributed by atoms with Gasteiger partial charge in [0.15, 0.2) is 5.92 Å². The fourth-order valence-electron chi connectivity index (χ4n) is 0.773. The van der Waals surface area contributed by atoms with Gasteiger partial charge in [0.05, 0.1) is 0 Å². The third-order valence-electron chi connectivity index (χ3n) is 1.47. The first kappa shape index (κ1) is 13.0. The largest absolute Gasteiger partial charge is 0.481 e. The smallest absolute Gasteiger partial charge is 0.403 e. The van der Waals surface area contributed by atoms with Crippen molar-refractivity contribution in [2.75, 3.05) is 13.1 Å². The minimum atomic E-state index is -4.71. The normalized spacial score (nSPS) is 13.7. The number of carboxylic acids is 1. The van der Waals surface area contributed by atoms with E-state index in [2.05, 4.69) is 11.9 Å². The van der Waals surface area contributed by atoms with Gasteiger partial charge in [-0.25, -0.2) is 0 Å². The van der Waals surface area contributed by atoms with Crippen LogP contribution < -0.4 is 5.32 Å². The van der Waals surface area contributed by atoms with Crippen molar-refractivity contribution >= 4 is 5.97 Å². The van der Waals surface area contributed by atoms with Crippen LogP contribution in [-0.4, -0.2) is 30.3 Å². The van der Waals surface area contributed by atoms with Gasteiger partial charge in [-0.3, -0.25) is 4.79 Å². The lowest BCUT2D eigenvalue weighted by atomic mass is 10.1. The Morgan fingerprint density at radius 1 is 1.57 bits per heavy atom. The van der Waals surface area contributed by atoms with Crippen LogP contribution in [-0.2, 0) is 4.79 Å². The number of aliphatic carboxylic acids is 1. The van der Waals surface area contributed by atoms with Crippen LogP contribution in [0.3, 0.4) is 0 Å². The standard InChI is InChI=1S/C8H12F3NO2/c1-5(2)3-12-4-6(7(13)14)8(9,10)11/h6,12H,1,3-4H2,2H3,(H,13,14). The maximum absolute atomic E-state index is 12.1. The molecule has 0 aliphatic carbocycles. The fourth-order valence-corrected chi connectivity index (χ4v) is 0.773. The molecule has 0 spiro atoms. The highest BCUT2D eigenvalue weighted by Gasteiger charge is 2.44. The van der Waals surface area contributed by atoms with Gasteiger partial charge in [0.2, 0.25) is 0 Å². The Labute approximate surface area is 79.6 Å². The van der Waals surface area contributed by atoms with Crippen LogP contribution >= 0.6 is 0 Å². The summed E-state index contributed by atoms with van der Waals surface area (Å²) in [7, 11) is 0. The van der Waals surface area contributed by atoms with Crippen molar-refractivity contribution in [3.8, 4) is 0 Å². The molecule has 3 nitrogen and oxygen atoms in total. The fraction of sp³-hybridized carbons (Fsp3) is 0.625. The number of hydrogen-bond donors (Lipinski definition) is 2. The molecule has 2 N–H and O–H groups in total. The molecule has 0 rings (SSSR count). The molecule has 0 aromatic carbocycles. The highest BCUT2D eigenvalue weighted by atomic mass is 19.4. The molecule has 6 heteroatoms. The summed E-state index contributed by atoms with van der Waals surface area (Å²) < 4.78 is 36.2. The van der Waals surface area contributed by atoms with Gasteiger partial charge in [-0.15, -0.1) is 0 Å². The summed E-state index contributed by atoms with van der Waals surface area (Å²) in [6.07, 6.45) is -4.71. The van der Waals surface area contributed by atoms with Gasteiger partial charge in [-0.1, -0.05) is 12.2 Å². The molecule has 82 valence electrons. The summed E-state index contributed by atoms with van der Waals surface area (Å²) in [6.45, 7) is 4.65. The van der Waals surface area contributed by atoms with Crippen LogP contribution in [0.15, 0.2) is 12.2 Å². The van der Waals surface area contributed by atoms with E-state index in [1.807, 2.05) is 0 Å².